The van der Waals surface area contributed by atoms with E-state index in [9.17, 15) is 24.3 Å². The highest BCUT2D eigenvalue weighted by Crippen LogP contribution is 2.44. The van der Waals surface area contributed by atoms with E-state index in [4.69, 9.17) is 10.5 Å². The van der Waals surface area contributed by atoms with E-state index in [2.05, 4.69) is 10.6 Å². The third kappa shape index (κ3) is 6.31. The Hall–Kier alpha value is -3.88. The number of hydrogen-bond donors (Lipinski definition) is 4. The van der Waals surface area contributed by atoms with Crippen molar-refractivity contribution in [3.05, 3.63) is 59.7 Å². The Bertz CT molecular complexity index is 993. The second kappa shape index (κ2) is 11.1. The predicted octanol–water partition coefficient (Wildman–Crippen LogP) is 2.14. The Morgan fingerprint density at radius 2 is 1.58 bits per heavy atom. The fraction of sp³-hybridized carbons (Fsp3) is 0.333. The molecule has 0 aromatic heterocycles. The fourth-order valence-electron chi connectivity index (χ4n) is 3.89. The highest BCUT2D eigenvalue weighted by Gasteiger charge is 2.29. The first kappa shape index (κ1) is 23.8. The number of fused-ring (bicyclic) bond motifs is 3. The summed E-state index contributed by atoms with van der Waals surface area (Å²) >= 11 is 0. The summed E-state index contributed by atoms with van der Waals surface area (Å²) < 4.78 is 5.37. The molecular formula is C24H27N3O6. The molecule has 1 aliphatic carbocycles. The third-order valence-electron chi connectivity index (χ3n) is 5.52. The number of nitrogens with one attached hydrogen (secondary N) is 2. The number of aliphatic carboxylic acids is 1. The summed E-state index contributed by atoms with van der Waals surface area (Å²) in [5, 5.41) is 14.3. The Balaban J connectivity index is 1.50. The zero-order valence-electron chi connectivity index (χ0n) is 18.1. The molecule has 9 nitrogen and oxygen atoms in total. The number of amides is 3. The molecule has 3 amide bonds. The standard InChI is InChI=1S/C24H27N3O6/c25-21(28)10-5-13-26-22(29)12-11-20(23(30)31)27-24(32)33-14-19-17-8-3-1-6-15(17)16-7-2-4-9-18(16)19/h1-4,6-9,19-20H,5,10-14H2,(H2,25,28)(H,26,29)(H,27,32)(H,30,31)/t20-/m0/s1. The highest BCUT2D eigenvalue weighted by molar-refractivity contribution is 5.82. The summed E-state index contributed by atoms with van der Waals surface area (Å²) in [5.74, 6) is -2.23. The predicted molar refractivity (Wildman–Crippen MR) is 120 cm³/mol. The highest BCUT2D eigenvalue weighted by atomic mass is 16.5. The van der Waals surface area contributed by atoms with E-state index < -0.39 is 24.0 Å². The van der Waals surface area contributed by atoms with Gasteiger partial charge >= 0.3 is 12.1 Å². The Morgan fingerprint density at radius 1 is 0.970 bits per heavy atom. The van der Waals surface area contributed by atoms with E-state index in [-0.39, 0.29) is 44.2 Å². The average Bonchev–Trinajstić information content (AvgIpc) is 3.11. The molecule has 1 atom stereocenters. The quantitative estimate of drug-likeness (QED) is 0.383. The van der Waals surface area contributed by atoms with Crippen LogP contribution in [0.15, 0.2) is 48.5 Å². The molecule has 0 radical (unpaired) electrons. The molecule has 0 saturated heterocycles. The Morgan fingerprint density at radius 3 is 2.15 bits per heavy atom. The first-order chi connectivity index (χ1) is 15.9. The van der Waals surface area contributed by atoms with E-state index in [1.54, 1.807) is 0 Å². The van der Waals surface area contributed by atoms with Crippen molar-refractivity contribution >= 4 is 23.9 Å². The van der Waals surface area contributed by atoms with Crippen LogP contribution in [-0.2, 0) is 19.1 Å². The SMILES string of the molecule is NC(=O)CCCNC(=O)CC[C@H](NC(=O)OCC1c2ccccc2-c2ccccc21)C(=O)O. The molecule has 0 fully saturated rings. The summed E-state index contributed by atoms with van der Waals surface area (Å²) in [6.45, 7) is 0.325. The van der Waals surface area contributed by atoms with Crippen molar-refractivity contribution < 1.29 is 29.0 Å². The van der Waals surface area contributed by atoms with Gasteiger partial charge < -0.3 is 26.2 Å². The summed E-state index contributed by atoms with van der Waals surface area (Å²) in [6.07, 6.45) is -0.493. The van der Waals surface area contributed by atoms with Crippen LogP contribution in [0.4, 0.5) is 4.79 Å². The van der Waals surface area contributed by atoms with E-state index in [0.29, 0.717) is 6.42 Å². The zero-order valence-corrected chi connectivity index (χ0v) is 18.1. The number of carboxylic acids is 1. The first-order valence-electron chi connectivity index (χ1n) is 10.8. The lowest BCUT2D eigenvalue weighted by Gasteiger charge is -2.17. The molecule has 0 spiro atoms. The number of rotatable bonds is 11. The lowest BCUT2D eigenvalue weighted by Crippen LogP contribution is -2.42. The number of carboxylic acid groups (broad SMARTS) is 1. The number of benzene rings is 2. The van der Waals surface area contributed by atoms with Gasteiger partial charge in [0.1, 0.15) is 12.6 Å². The Labute approximate surface area is 191 Å². The molecule has 3 rings (SSSR count). The molecule has 0 heterocycles. The zero-order chi connectivity index (χ0) is 23.8. The summed E-state index contributed by atoms with van der Waals surface area (Å²) in [7, 11) is 0. The van der Waals surface area contributed by atoms with Crippen LogP contribution < -0.4 is 16.4 Å². The molecule has 33 heavy (non-hydrogen) atoms. The molecule has 9 heteroatoms. The minimum Gasteiger partial charge on any atom is -0.480 e. The van der Waals surface area contributed by atoms with Crippen molar-refractivity contribution in [2.75, 3.05) is 13.2 Å². The molecule has 0 saturated carbocycles. The monoisotopic (exact) mass is 453 g/mol. The van der Waals surface area contributed by atoms with Crippen LogP contribution in [0.1, 0.15) is 42.7 Å². The number of carbonyl (C=O) groups is 4. The topological polar surface area (TPSA) is 148 Å². The fourth-order valence-corrected chi connectivity index (χ4v) is 3.89. The maximum absolute atomic E-state index is 12.3. The van der Waals surface area contributed by atoms with E-state index in [0.717, 1.165) is 22.3 Å². The van der Waals surface area contributed by atoms with Gasteiger partial charge in [-0.1, -0.05) is 48.5 Å². The molecule has 0 unspecified atom stereocenters. The van der Waals surface area contributed by atoms with Gasteiger partial charge in [0.25, 0.3) is 0 Å². The minimum atomic E-state index is -1.27. The summed E-state index contributed by atoms with van der Waals surface area (Å²) in [5.41, 5.74) is 9.31. The maximum Gasteiger partial charge on any atom is 0.407 e. The second-order valence-electron chi connectivity index (χ2n) is 7.82. The number of nitrogens with two attached hydrogens (primary N) is 1. The van der Waals surface area contributed by atoms with E-state index in [1.807, 2.05) is 48.5 Å². The van der Waals surface area contributed by atoms with E-state index in [1.165, 1.54) is 0 Å². The van der Waals surface area contributed by atoms with Gasteiger partial charge in [-0.05, 0) is 35.1 Å². The number of alkyl carbamates (subject to hydrolysis) is 1. The van der Waals surface area contributed by atoms with Gasteiger partial charge in [-0.15, -0.1) is 0 Å². The van der Waals surface area contributed by atoms with Gasteiger partial charge in [0.05, 0.1) is 0 Å². The molecule has 2 aromatic carbocycles. The van der Waals surface area contributed by atoms with Gasteiger partial charge in [-0.2, -0.15) is 0 Å². The number of primary amides is 1. The normalized spacial score (nSPS) is 12.8. The molecule has 174 valence electrons. The van der Waals surface area contributed by atoms with Crippen molar-refractivity contribution in [3.63, 3.8) is 0 Å². The van der Waals surface area contributed by atoms with Gasteiger partial charge in [0.15, 0.2) is 0 Å². The van der Waals surface area contributed by atoms with Crippen LogP contribution in [0.25, 0.3) is 11.1 Å². The van der Waals surface area contributed by atoms with Crippen LogP contribution in [0.5, 0.6) is 0 Å². The molecule has 0 bridgehead atoms. The van der Waals surface area contributed by atoms with Gasteiger partial charge in [0.2, 0.25) is 11.8 Å². The van der Waals surface area contributed by atoms with Crippen LogP contribution in [0.2, 0.25) is 0 Å². The van der Waals surface area contributed by atoms with Crippen LogP contribution >= 0.6 is 0 Å². The van der Waals surface area contributed by atoms with Gasteiger partial charge in [0, 0.05) is 25.3 Å². The van der Waals surface area contributed by atoms with Crippen molar-refractivity contribution in [2.45, 2.75) is 37.6 Å². The van der Waals surface area contributed by atoms with Crippen molar-refractivity contribution in [1.82, 2.24) is 10.6 Å². The molecule has 1 aliphatic rings. The maximum atomic E-state index is 12.3. The minimum absolute atomic E-state index is 0.0621. The molecule has 0 aliphatic heterocycles. The largest absolute Gasteiger partial charge is 0.480 e. The second-order valence-corrected chi connectivity index (χ2v) is 7.82. The van der Waals surface area contributed by atoms with Crippen molar-refractivity contribution in [3.8, 4) is 11.1 Å². The molecule has 2 aromatic rings. The van der Waals surface area contributed by atoms with Crippen LogP contribution in [0.3, 0.4) is 0 Å². The average molecular weight is 453 g/mol. The van der Waals surface area contributed by atoms with Crippen molar-refractivity contribution in [1.29, 1.82) is 0 Å². The number of carbonyl (C=O) groups excluding carboxylic acids is 3. The van der Waals surface area contributed by atoms with Crippen LogP contribution in [-0.4, -0.2) is 48.2 Å². The van der Waals surface area contributed by atoms with Gasteiger partial charge in [-0.25, -0.2) is 9.59 Å². The van der Waals surface area contributed by atoms with Gasteiger partial charge in [-0.3, -0.25) is 9.59 Å². The number of ether oxygens (including phenoxy) is 1. The first-order valence-corrected chi connectivity index (χ1v) is 10.8. The third-order valence-corrected chi connectivity index (χ3v) is 5.52. The lowest BCUT2D eigenvalue weighted by molar-refractivity contribution is -0.139. The van der Waals surface area contributed by atoms with E-state index >= 15 is 0 Å². The summed E-state index contributed by atoms with van der Waals surface area (Å²) in [6, 6.07) is 14.5. The smallest absolute Gasteiger partial charge is 0.407 e. The lowest BCUT2D eigenvalue weighted by atomic mass is 9.98. The molecule has 5 N–H and O–H groups in total. The molecular weight excluding hydrogens is 426 g/mol. The Kier molecular flexibility index (Phi) is 8.01. The summed E-state index contributed by atoms with van der Waals surface area (Å²) in [4.78, 5) is 46.4. The van der Waals surface area contributed by atoms with Crippen molar-refractivity contribution in [2.24, 2.45) is 5.73 Å². The van der Waals surface area contributed by atoms with Crippen LogP contribution in [0, 0.1) is 0 Å². The number of hydrogen-bond acceptors (Lipinski definition) is 5.